The molecule has 1 unspecified atom stereocenters. The Morgan fingerprint density at radius 1 is 0.358 bits per heavy atom. The molecule has 0 saturated carbocycles. The van der Waals surface area contributed by atoms with Crippen LogP contribution in [-0.2, 0) is 5.41 Å². The van der Waals surface area contributed by atoms with Crippen molar-refractivity contribution in [1.82, 2.24) is 0 Å². The van der Waals surface area contributed by atoms with Crippen molar-refractivity contribution in [2.75, 3.05) is 4.90 Å². The zero-order chi connectivity index (χ0) is 34.9. The molecule has 0 bridgehead atoms. The maximum Gasteiger partial charge on any atom is 0.132 e. The van der Waals surface area contributed by atoms with Crippen molar-refractivity contribution >= 4 is 38.6 Å². The van der Waals surface area contributed by atoms with Gasteiger partial charge in [0.2, 0.25) is 0 Å². The lowest BCUT2D eigenvalue weighted by molar-refractivity contribution is 0.436. The van der Waals surface area contributed by atoms with Gasteiger partial charge < -0.3 is 9.64 Å². The van der Waals surface area contributed by atoms with Crippen LogP contribution in [0.4, 0.5) is 17.1 Å². The van der Waals surface area contributed by atoms with Crippen molar-refractivity contribution in [3.05, 3.63) is 222 Å². The first kappa shape index (κ1) is 29.8. The van der Waals surface area contributed by atoms with Crippen LogP contribution in [0.2, 0.25) is 0 Å². The Hall–Kier alpha value is -6.90. The number of anilines is 3. The Labute approximate surface area is 308 Å². The number of para-hydroxylation sites is 2. The first-order valence-electron chi connectivity index (χ1n) is 18.3. The molecular weight excluding hydrogens is 643 g/mol. The predicted octanol–water partition coefficient (Wildman–Crippen LogP) is 13.6. The number of rotatable bonds is 4. The normalized spacial score (nSPS) is 15.0. The van der Waals surface area contributed by atoms with Gasteiger partial charge in [-0.2, -0.15) is 0 Å². The van der Waals surface area contributed by atoms with E-state index in [9.17, 15) is 0 Å². The van der Waals surface area contributed by atoms with Crippen molar-refractivity contribution in [3.8, 4) is 33.8 Å². The Balaban J connectivity index is 1.19. The molecule has 1 atom stereocenters. The van der Waals surface area contributed by atoms with Gasteiger partial charge in [0.25, 0.3) is 0 Å². The lowest BCUT2D eigenvalue weighted by Crippen LogP contribution is -2.32. The van der Waals surface area contributed by atoms with Crippen LogP contribution in [0.15, 0.2) is 200 Å². The van der Waals surface area contributed by atoms with Gasteiger partial charge in [-0.25, -0.2) is 0 Å². The average Bonchev–Trinajstić information content (AvgIpc) is 3.51. The van der Waals surface area contributed by atoms with Gasteiger partial charge in [-0.15, -0.1) is 0 Å². The Bertz CT molecular complexity index is 2880. The number of nitrogens with zero attached hydrogens (tertiary/aromatic N) is 1. The third kappa shape index (κ3) is 4.33. The van der Waals surface area contributed by atoms with E-state index in [1.165, 1.54) is 49.4 Å². The highest BCUT2D eigenvalue weighted by Gasteiger charge is 2.51. The monoisotopic (exact) mass is 675 g/mol. The SMILES string of the molecule is c1ccc(N(c2ccc3c(c2)C2(c4ccccc4Oc4cc(-c5cccc6ccccc56)ccc42)c2ccccc2-3)c2cccc3ccccc23)cc1. The van der Waals surface area contributed by atoms with Gasteiger partial charge in [0.15, 0.2) is 0 Å². The van der Waals surface area contributed by atoms with Gasteiger partial charge in [0.05, 0.1) is 11.1 Å². The Kier molecular flexibility index (Phi) is 6.50. The quantitative estimate of drug-likeness (QED) is 0.184. The molecule has 9 aromatic rings. The van der Waals surface area contributed by atoms with Gasteiger partial charge in [-0.05, 0) is 92.0 Å². The van der Waals surface area contributed by atoms with E-state index in [0.717, 1.165) is 45.3 Å². The minimum absolute atomic E-state index is 0.593. The lowest BCUT2D eigenvalue weighted by atomic mass is 9.66. The number of fused-ring (bicyclic) bond motifs is 11. The molecule has 0 saturated heterocycles. The van der Waals surface area contributed by atoms with Crippen molar-refractivity contribution in [1.29, 1.82) is 0 Å². The van der Waals surface area contributed by atoms with Crippen molar-refractivity contribution in [2.24, 2.45) is 0 Å². The van der Waals surface area contributed by atoms with Crippen LogP contribution < -0.4 is 9.64 Å². The van der Waals surface area contributed by atoms with E-state index < -0.39 is 5.41 Å². The van der Waals surface area contributed by atoms with Crippen LogP contribution in [-0.4, -0.2) is 0 Å². The summed E-state index contributed by atoms with van der Waals surface area (Å²) < 4.78 is 6.92. The first-order chi connectivity index (χ1) is 26.3. The fourth-order valence-electron chi connectivity index (χ4n) is 9.08. The van der Waals surface area contributed by atoms with Crippen molar-refractivity contribution < 1.29 is 4.74 Å². The van der Waals surface area contributed by atoms with Gasteiger partial charge in [-0.1, -0.05) is 158 Å². The van der Waals surface area contributed by atoms with Gasteiger partial charge >= 0.3 is 0 Å². The zero-order valence-electron chi connectivity index (χ0n) is 28.9. The highest BCUT2D eigenvalue weighted by molar-refractivity contribution is 6.00. The van der Waals surface area contributed by atoms with Crippen LogP contribution in [0.1, 0.15) is 22.3 Å². The maximum absolute atomic E-state index is 6.92. The van der Waals surface area contributed by atoms with Crippen molar-refractivity contribution in [2.45, 2.75) is 5.41 Å². The summed E-state index contributed by atoms with van der Waals surface area (Å²) in [6.45, 7) is 0. The Morgan fingerprint density at radius 3 is 1.85 bits per heavy atom. The predicted molar refractivity (Wildman–Crippen MR) is 219 cm³/mol. The van der Waals surface area contributed by atoms with E-state index in [1.54, 1.807) is 0 Å². The second kappa shape index (κ2) is 11.6. The zero-order valence-corrected chi connectivity index (χ0v) is 28.9. The van der Waals surface area contributed by atoms with E-state index in [2.05, 4.69) is 205 Å². The van der Waals surface area contributed by atoms with E-state index in [0.29, 0.717) is 0 Å². The van der Waals surface area contributed by atoms with Crippen LogP contribution in [0.25, 0.3) is 43.8 Å². The Morgan fingerprint density at radius 2 is 0.981 bits per heavy atom. The van der Waals surface area contributed by atoms with E-state index in [4.69, 9.17) is 4.74 Å². The number of ether oxygens (including phenoxy) is 1. The molecule has 1 aliphatic heterocycles. The van der Waals surface area contributed by atoms with Crippen LogP contribution in [0, 0.1) is 0 Å². The van der Waals surface area contributed by atoms with E-state index in [-0.39, 0.29) is 0 Å². The molecule has 0 fully saturated rings. The average molecular weight is 676 g/mol. The summed E-state index contributed by atoms with van der Waals surface area (Å²) in [4.78, 5) is 2.41. The molecule has 2 heteroatoms. The summed E-state index contributed by atoms with van der Waals surface area (Å²) >= 11 is 0. The van der Waals surface area contributed by atoms with Crippen LogP contribution in [0.5, 0.6) is 11.5 Å². The summed E-state index contributed by atoms with van der Waals surface area (Å²) in [5, 5.41) is 4.88. The third-order valence-corrected chi connectivity index (χ3v) is 11.3. The number of hydrogen-bond donors (Lipinski definition) is 0. The molecule has 2 nitrogen and oxygen atoms in total. The van der Waals surface area contributed by atoms with Crippen LogP contribution >= 0.6 is 0 Å². The minimum atomic E-state index is -0.593. The fourth-order valence-corrected chi connectivity index (χ4v) is 9.08. The molecule has 0 radical (unpaired) electrons. The molecule has 0 aromatic heterocycles. The standard InChI is InChI=1S/C51H33NO/c1-2-18-37(19-3-1)52(48-26-13-17-35-15-5-7-21-41(35)48)38-29-30-43-42-22-8-9-24-44(42)51(47(43)33-38)45-25-10-11-27-49(45)53-50-32-36(28-31-46(50)51)40-23-12-16-34-14-4-6-20-39(34)40/h1-33H. The molecule has 9 aromatic carbocycles. The molecule has 248 valence electrons. The maximum atomic E-state index is 6.92. The molecular formula is C51H33NO. The number of hydrogen-bond acceptors (Lipinski definition) is 2. The largest absolute Gasteiger partial charge is 0.457 e. The summed E-state index contributed by atoms with van der Waals surface area (Å²) in [5.74, 6) is 1.77. The summed E-state index contributed by atoms with van der Waals surface area (Å²) in [7, 11) is 0. The van der Waals surface area contributed by atoms with Gasteiger partial charge in [0, 0.05) is 27.9 Å². The molecule has 11 rings (SSSR count). The second-order valence-corrected chi connectivity index (χ2v) is 14.0. The second-order valence-electron chi connectivity index (χ2n) is 14.0. The highest BCUT2D eigenvalue weighted by Crippen LogP contribution is 2.63. The van der Waals surface area contributed by atoms with E-state index >= 15 is 0 Å². The number of benzene rings is 9. The highest BCUT2D eigenvalue weighted by atomic mass is 16.5. The molecule has 0 N–H and O–H groups in total. The summed E-state index contributed by atoms with van der Waals surface area (Å²) in [5.41, 5.74) is 12.5. The molecule has 1 heterocycles. The smallest absolute Gasteiger partial charge is 0.132 e. The molecule has 1 aliphatic carbocycles. The molecule has 53 heavy (non-hydrogen) atoms. The third-order valence-electron chi connectivity index (χ3n) is 11.3. The topological polar surface area (TPSA) is 12.5 Å². The summed E-state index contributed by atoms with van der Waals surface area (Å²) in [6, 6.07) is 72.6. The lowest BCUT2D eigenvalue weighted by Gasteiger charge is -2.40. The van der Waals surface area contributed by atoms with Crippen molar-refractivity contribution in [3.63, 3.8) is 0 Å². The molecule has 1 spiro atoms. The van der Waals surface area contributed by atoms with E-state index in [1.807, 2.05) is 0 Å². The van der Waals surface area contributed by atoms with Crippen LogP contribution in [0.3, 0.4) is 0 Å². The minimum Gasteiger partial charge on any atom is -0.457 e. The molecule has 0 amide bonds. The first-order valence-corrected chi connectivity index (χ1v) is 18.3. The van der Waals surface area contributed by atoms with Gasteiger partial charge in [-0.3, -0.25) is 0 Å². The van der Waals surface area contributed by atoms with Gasteiger partial charge in [0.1, 0.15) is 11.5 Å². The summed E-state index contributed by atoms with van der Waals surface area (Å²) in [6.07, 6.45) is 0. The molecule has 2 aliphatic rings. The fraction of sp³-hybridized carbons (Fsp3) is 0.0196.